The van der Waals surface area contributed by atoms with Crippen molar-refractivity contribution in [1.29, 1.82) is 0 Å². The summed E-state index contributed by atoms with van der Waals surface area (Å²) in [7, 11) is 0. The molecule has 0 saturated heterocycles. The van der Waals surface area contributed by atoms with Crippen LogP contribution in [-0.2, 0) is 16.1 Å². The molecule has 1 N–H and O–H groups in total. The molecular weight excluding hydrogens is 318 g/mol. The third kappa shape index (κ3) is 5.83. The summed E-state index contributed by atoms with van der Waals surface area (Å²) in [5.74, 6) is 0.499. The Kier molecular flexibility index (Phi) is 6.34. The van der Waals surface area contributed by atoms with Gasteiger partial charge in [-0.3, -0.25) is 9.78 Å². The SMILES string of the molecule is O=C(COCc1ccccc1)NC1CCC(Oc2cnccn2)CC1. The molecule has 3 rings (SSSR count). The number of nitrogens with zero attached hydrogens (tertiary/aromatic N) is 2. The van der Waals surface area contributed by atoms with Gasteiger partial charge in [0.1, 0.15) is 12.7 Å². The normalized spacial score (nSPS) is 20.0. The Morgan fingerprint density at radius 2 is 1.92 bits per heavy atom. The fraction of sp³-hybridized carbons (Fsp3) is 0.421. The number of amides is 1. The summed E-state index contributed by atoms with van der Waals surface area (Å²) < 4.78 is 11.3. The summed E-state index contributed by atoms with van der Waals surface area (Å²) in [4.78, 5) is 20.1. The van der Waals surface area contributed by atoms with E-state index in [0.717, 1.165) is 31.2 Å². The highest BCUT2D eigenvalue weighted by atomic mass is 16.5. The minimum absolute atomic E-state index is 0.0609. The Morgan fingerprint density at radius 1 is 1.12 bits per heavy atom. The van der Waals surface area contributed by atoms with E-state index in [1.807, 2.05) is 30.3 Å². The molecule has 0 radical (unpaired) electrons. The minimum Gasteiger partial charge on any atom is -0.473 e. The molecule has 1 saturated carbocycles. The smallest absolute Gasteiger partial charge is 0.246 e. The number of hydrogen-bond donors (Lipinski definition) is 1. The summed E-state index contributed by atoms with van der Waals surface area (Å²) in [6.07, 6.45) is 8.59. The van der Waals surface area contributed by atoms with Crippen LogP contribution >= 0.6 is 0 Å². The van der Waals surface area contributed by atoms with E-state index in [1.165, 1.54) is 0 Å². The predicted molar refractivity (Wildman–Crippen MR) is 92.9 cm³/mol. The molecule has 0 spiro atoms. The van der Waals surface area contributed by atoms with Crippen LogP contribution in [0.3, 0.4) is 0 Å². The first-order valence-corrected chi connectivity index (χ1v) is 8.63. The highest BCUT2D eigenvalue weighted by Crippen LogP contribution is 2.22. The fourth-order valence-electron chi connectivity index (χ4n) is 2.95. The average molecular weight is 341 g/mol. The highest BCUT2D eigenvalue weighted by molar-refractivity contribution is 5.77. The quantitative estimate of drug-likeness (QED) is 0.838. The zero-order chi connectivity index (χ0) is 17.3. The molecule has 132 valence electrons. The number of aromatic nitrogens is 2. The van der Waals surface area contributed by atoms with Crippen molar-refractivity contribution in [2.75, 3.05) is 6.61 Å². The van der Waals surface area contributed by atoms with Crippen molar-refractivity contribution >= 4 is 5.91 Å². The Morgan fingerprint density at radius 3 is 2.64 bits per heavy atom. The first-order chi connectivity index (χ1) is 12.3. The molecule has 0 unspecified atom stereocenters. The topological polar surface area (TPSA) is 73.3 Å². The Labute approximate surface area is 147 Å². The van der Waals surface area contributed by atoms with E-state index in [0.29, 0.717) is 12.5 Å². The lowest BCUT2D eigenvalue weighted by Gasteiger charge is -2.29. The Bertz CT molecular complexity index is 643. The van der Waals surface area contributed by atoms with Crippen molar-refractivity contribution in [3.63, 3.8) is 0 Å². The van der Waals surface area contributed by atoms with Gasteiger partial charge in [0, 0.05) is 18.4 Å². The Balaban J connectivity index is 1.32. The van der Waals surface area contributed by atoms with E-state index in [4.69, 9.17) is 9.47 Å². The zero-order valence-corrected chi connectivity index (χ0v) is 14.1. The van der Waals surface area contributed by atoms with Gasteiger partial charge in [0.05, 0.1) is 12.8 Å². The monoisotopic (exact) mass is 341 g/mol. The number of carbonyl (C=O) groups excluding carboxylic acids is 1. The van der Waals surface area contributed by atoms with Gasteiger partial charge in [-0.2, -0.15) is 0 Å². The summed E-state index contributed by atoms with van der Waals surface area (Å²) in [5.41, 5.74) is 1.07. The molecule has 1 aliphatic carbocycles. The van der Waals surface area contributed by atoms with Gasteiger partial charge in [0.15, 0.2) is 0 Å². The lowest BCUT2D eigenvalue weighted by atomic mass is 9.93. The molecule has 1 aromatic heterocycles. The summed E-state index contributed by atoms with van der Waals surface area (Å²) in [6.45, 7) is 0.540. The van der Waals surface area contributed by atoms with Crippen LogP contribution in [-0.4, -0.2) is 34.6 Å². The van der Waals surface area contributed by atoms with Crippen LogP contribution < -0.4 is 10.1 Å². The largest absolute Gasteiger partial charge is 0.473 e. The van der Waals surface area contributed by atoms with Gasteiger partial charge in [-0.25, -0.2) is 4.98 Å². The van der Waals surface area contributed by atoms with Crippen LogP contribution in [0.1, 0.15) is 31.2 Å². The maximum Gasteiger partial charge on any atom is 0.246 e. The van der Waals surface area contributed by atoms with Gasteiger partial charge in [-0.15, -0.1) is 0 Å². The number of hydrogen-bond acceptors (Lipinski definition) is 5. The fourth-order valence-corrected chi connectivity index (χ4v) is 2.95. The number of carbonyl (C=O) groups is 1. The highest BCUT2D eigenvalue weighted by Gasteiger charge is 2.23. The second-order valence-corrected chi connectivity index (χ2v) is 6.18. The van der Waals surface area contributed by atoms with Crippen LogP contribution in [0.5, 0.6) is 5.88 Å². The molecule has 1 aliphatic rings. The van der Waals surface area contributed by atoms with Crippen LogP contribution in [0, 0.1) is 0 Å². The number of nitrogens with one attached hydrogen (secondary N) is 1. The number of ether oxygens (including phenoxy) is 2. The van der Waals surface area contributed by atoms with E-state index < -0.39 is 0 Å². The van der Waals surface area contributed by atoms with Gasteiger partial charge >= 0.3 is 0 Å². The molecular formula is C19H23N3O3. The Hall–Kier alpha value is -2.47. The van der Waals surface area contributed by atoms with Crippen molar-refractivity contribution in [3.8, 4) is 5.88 Å². The molecule has 25 heavy (non-hydrogen) atoms. The molecule has 1 heterocycles. The third-order valence-electron chi connectivity index (χ3n) is 4.21. The molecule has 0 aliphatic heterocycles. The van der Waals surface area contributed by atoms with Gasteiger partial charge in [0.25, 0.3) is 0 Å². The first kappa shape index (κ1) is 17.4. The summed E-state index contributed by atoms with van der Waals surface area (Å²) >= 11 is 0. The minimum atomic E-state index is -0.0609. The lowest BCUT2D eigenvalue weighted by Crippen LogP contribution is -2.41. The van der Waals surface area contributed by atoms with Crippen LogP contribution in [0.2, 0.25) is 0 Å². The van der Waals surface area contributed by atoms with E-state index in [2.05, 4.69) is 15.3 Å². The summed E-state index contributed by atoms with van der Waals surface area (Å²) in [5, 5.41) is 3.04. The van der Waals surface area contributed by atoms with E-state index in [-0.39, 0.29) is 24.7 Å². The maximum atomic E-state index is 12.0. The second-order valence-electron chi connectivity index (χ2n) is 6.18. The van der Waals surface area contributed by atoms with Crippen molar-refractivity contribution in [2.24, 2.45) is 0 Å². The molecule has 1 fully saturated rings. The lowest BCUT2D eigenvalue weighted by molar-refractivity contribution is -0.127. The molecule has 6 nitrogen and oxygen atoms in total. The van der Waals surface area contributed by atoms with Crippen molar-refractivity contribution in [1.82, 2.24) is 15.3 Å². The predicted octanol–water partition coefficient (Wildman–Crippen LogP) is 2.50. The van der Waals surface area contributed by atoms with Crippen molar-refractivity contribution in [3.05, 3.63) is 54.5 Å². The van der Waals surface area contributed by atoms with E-state index >= 15 is 0 Å². The average Bonchev–Trinajstić information content (AvgIpc) is 2.65. The van der Waals surface area contributed by atoms with E-state index in [9.17, 15) is 4.79 Å². The molecule has 1 aromatic carbocycles. The van der Waals surface area contributed by atoms with Crippen LogP contribution in [0.15, 0.2) is 48.9 Å². The van der Waals surface area contributed by atoms with Gasteiger partial charge in [-0.05, 0) is 31.2 Å². The maximum absolute atomic E-state index is 12.0. The molecule has 1 amide bonds. The van der Waals surface area contributed by atoms with Crippen LogP contribution in [0.25, 0.3) is 0 Å². The second kappa shape index (κ2) is 9.13. The zero-order valence-electron chi connectivity index (χ0n) is 14.1. The molecule has 2 aromatic rings. The van der Waals surface area contributed by atoms with E-state index in [1.54, 1.807) is 18.6 Å². The number of benzene rings is 1. The van der Waals surface area contributed by atoms with Gasteiger partial charge in [-0.1, -0.05) is 30.3 Å². The molecule has 0 bridgehead atoms. The number of rotatable bonds is 7. The molecule has 6 heteroatoms. The summed E-state index contributed by atoms with van der Waals surface area (Å²) in [6, 6.07) is 10.0. The molecule has 0 atom stereocenters. The first-order valence-electron chi connectivity index (χ1n) is 8.63. The van der Waals surface area contributed by atoms with Crippen molar-refractivity contribution < 1.29 is 14.3 Å². The van der Waals surface area contributed by atoms with Crippen LogP contribution in [0.4, 0.5) is 0 Å². The van der Waals surface area contributed by atoms with Gasteiger partial charge in [0.2, 0.25) is 11.8 Å². The standard InChI is InChI=1S/C19H23N3O3/c23-18(14-24-13-15-4-2-1-3-5-15)22-16-6-8-17(9-7-16)25-19-12-20-10-11-21-19/h1-5,10-12,16-17H,6-9,13-14H2,(H,22,23). The van der Waals surface area contributed by atoms with Gasteiger partial charge < -0.3 is 14.8 Å². The third-order valence-corrected chi connectivity index (χ3v) is 4.21. The van der Waals surface area contributed by atoms with Crippen molar-refractivity contribution in [2.45, 2.75) is 44.4 Å².